The Kier molecular flexibility index (Phi) is 2.28. The van der Waals surface area contributed by atoms with Crippen LogP contribution in [-0.2, 0) is 0 Å². The third-order valence-electron chi connectivity index (χ3n) is 2.01. The van der Waals surface area contributed by atoms with Gasteiger partial charge in [-0.1, -0.05) is 18.2 Å². The zero-order chi connectivity index (χ0) is 9.80. The van der Waals surface area contributed by atoms with Gasteiger partial charge in [-0.15, -0.1) is 0 Å². The first-order chi connectivity index (χ1) is 6.90. The van der Waals surface area contributed by atoms with E-state index >= 15 is 0 Å². The molecule has 1 aromatic carbocycles. The summed E-state index contributed by atoms with van der Waals surface area (Å²) in [6, 6.07) is 12.0. The molecule has 1 aliphatic rings. The van der Waals surface area contributed by atoms with Gasteiger partial charge in [0.25, 0.3) is 0 Å². The van der Waals surface area contributed by atoms with Crippen molar-refractivity contribution in [1.29, 1.82) is 5.26 Å². The van der Waals surface area contributed by atoms with Gasteiger partial charge < -0.3 is 4.90 Å². The minimum Gasteiger partial charge on any atom is -0.327 e. The quantitative estimate of drug-likeness (QED) is 0.667. The lowest BCUT2D eigenvalue weighted by Gasteiger charge is -2.20. The summed E-state index contributed by atoms with van der Waals surface area (Å²) in [7, 11) is 0. The Morgan fingerprint density at radius 2 is 2.07 bits per heavy atom. The summed E-state index contributed by atoms with van der Waals surface area (Å²) in [5.41, 5.74) is 1.73. The van der Waals surface area contributed by atoms with Crippen LogP contribution in [0.1, 0.15) is 0 Å². The van der Waals surface area contributed by atoms with E-state index in [1.165, 1.54) is 0 Å². The van der Waals surface area contributed by atoms with E-state index in [4.69, 9.17) is 5.26 Å². The second-order valence-corrected chi connectivity index (χ2v) is 2.99. The maximum Gasteiger partial charge on any atom is 0.0982 e. The number of aliphatic imine (C=N–C) groups is 1. The second-order valence-electron chi connectivity index (χ2n) is 2.99. The van der Waals surface area contributed by atoms with Gasteiger partial charge in [0.1, 0.15) is 0 Å². The van der Waals surface area contributed by atoms with Crippen LogP contribution in [0.2, 0.25) is 0 Å². The topological polar surface area (TPSA) is 39.4 Å². The van der Waals surface area contributed by atoms with Crippen molar-refractivity contribution in [2.24, 2.45) is 4.99 Å². The zero-order valence-corrected chi connectivity index (χ0v) is 7.59. The Labute approximate surface area is 82.6 Å². The Morgan fingerprint density at radius 3 is 2.79 bits per heavy atom. The van der Waals surface area contributed by atoms with Gasteiger partial charge in [0.2, 0.25) is 0 Å². The molecule has 2 rings (SSSR count). The average molecular weight is 183 g/mol. The maximum absolute atomic E-state index is 8.74. The highest BCUT2D eigenvalue weighted by atomic mass is 15.2. The van der Waals surface area contributed by atoms with Gasteiger partial charge in [0.05, 0.1) is 24.5 Å². The number of rotatable bonds is 1. The van der Waals surface area contributed by atoms with E-state index in [1.807, 2.05) is 35.2 Å². The van der Waals surface area contributed by atoms with E-state index in [0.29, 0.717) is 12.1 Å². The lowest BCUT2D eigenvalue weighted by Crippen LogP contribution is -2.25. The van der Waals surface area contributed by atoms with E-state index in [-0.39, 0.29) is 0 Å². The summed E-state index contributed by atoms with van der Waals surface area (Å²) in [5.74, 6) is 0. The summed E-state index contributed by atoms with van der Waals surface area (Å²) in [4.78, 5) is 5.95. The number of nitriles is 1. The minimum absolute atomic E-state index is 0.601. The van der Waals surface area contributed by atoms with Crippen LogP contribution in [-0.4, -0.2) is 12.9 Å². The van der Waals surface area contributed by atoms with Crippen molar-refractivity contribution in [3.05, 3.63) is 42.1 Å². The van der Waals surface area contributed by atoms with E-state index in [9.17, 15) is 0 Å². The number of benzene rings is 1. The molecule has 1 aromatic rings. The fraction of sp³-hybridized carbons (Fsp3) is 0.0909. The molecular formula is C11H9N3. The fourth-order valence-electron chi connectivity index (χ4n) is 1.31. The number of nitrogens with zero attached hydrogens (tertiary/aromatic N) is 3. The molecule has 0 saturated carbocycles. The Morgan fingerprint density at radius 1 is 1.29 bits per heavy atom. The first-order valence-electron chi connectivity index (χ1n) is 4.34. The first kappa shape index (κ1) is 8.52. The molecule has 3 heteroatoms. The highest BCUT2D eigenvalue weighted by Crippen LogP contribution is 2.15. The van der Waals surface area contributed by atoms with Crippen molar-refractivity contribution in [2.45, 2.75) is 0 Å². The molecular weight excluding hydrogens is 174 g/mol. The third kappa shape index (κ3) is 1.64. The van der Waals surface area contributed by atoms with Crippen LogP contribution in [0.3, 0.4) is 0 Å². The molecule has 0 saturated heterocycles. The summed E-state index contributed by atoms with van der Waals surface area (Å²) >= 11 is 0. The van der Waals surface area contributed by atoms with Crippen molar-refractivity contribution in [3.8, 4) is 6.07 Å². The Hall–Kier alpha value is -2.08. The van der Waals surface area contributed by atoms with Crippen LogP contribution in [0.5, 0.6) is 0 Å². The predicted molar refractivity (Wildman–Crippen MR) is 56.0 cm³/mol. The van der Waals surface area contributed by atoms with Crippen LogP contribution >= 0.6 is 0 Å². The number of hydrogen-bond acceptors (Lipinski definition) is 3. The zero-order valence-electron chi connectivity index (χ0n) is 7.59. The number of hydrogen-bond donors (Lipinski definition) is 0. The molecule has 3 nitrogen and oxygen atoms in total. The van der Waals surface area contributed by atoms with Crippen molar-refractivity contribution >= 4 is 12.0 Å². The fourth-order valence-corrected chi connectivity index (χ4v) is 1.31. The summed E-state index contributed by atoms with van der Waals surface area (Å²) in [6.45, 7) is 0.601. The summed E-state index contributed by atoms with van der Waals surface area (Å²) in [5, 5.41) is 8.74. The molecule has 0 unspecified atom stereocenters. The van der Waals surface area contributed by atoms with Gasteiger partial charge in [-0.25, -0.2) is 4.99 Å². The summed E-state index contributed by atoms with van der Waals surface area (Å²) in [6.07, 6.45) is 3.33. The van der Waals surface area contributed by atoms with E-state index in [1.54, 1.807) is 12.5 Å². The highest BCUT2D eigenvalue weighted by Gasteiger charge is 2.08. The lowest BCUT2D eigenvalue weighted by atomic mass is 10.2. The van der Waals surface area contributed by atoms with Crippen LogP contribution in [0.4, 0.5) is 5.69 Å². The van der Waals surface area contributed by atoms with E-state index < -0.39 is 0 Å². The molecule has 1 heterocycles. The molecule has 0 bridgehead atoms. The molecule has 0 spiro atoms. The molecule has 0 N–H and O–H groups in total. The second kappa shape index (κ2) is 3.75. The lowest BCUT2D eigenvalue weighted by molar-refractivity contribution is 1.08. The van der Waals surface area contributed by atoms with Crippen molar-refractivity contribution < 1.29 is 0 Å². The molecule has 14 heavy (non-hydrogen) atoms. The largest absolute Gasteiger partial charge is 0.327 e. The summed E-state index contributed by atoms with van der Waals surface area (Å²) < 4.78 is 0. The number of anilines is 1. The normalized spacial score (nSPS) is 14.8. The van der Waals surface area contributed by atoms with Crippen LogP contribution < -0.4 is 4.90 Å². The Bertz CT molecular complexity index is 412. The third-order valence-corrected chi connectivity index (χ3v) is 2.01. The van der Waals surface area contributed by atoms with Gasteiger partial charge in [-0.3, -0.25) is 0 Å². The standard InChI is InChI=1S/C11H9N3/c12-6-10-7-13-9-14(8-10)11-4-2-1-3-5-11/h1-5,7,9H,8H2. The SMILES string of the molecule is N#CC1=CN=CN(c2ccccc2)C1. The monoisotopic (exact) mass is 183 g/mol. The Balaban J connectivity index is 2.21. The van der Waals surface area contributed by atoms with Crippen LogP contribution in [0, 0.1) is 11.3 Å². The molecule has 0 fully saturated rings. The van der Waals surface area contributed by atoms with Crippen LogP contribution in [0.15, 0.2) is 47.1 Å². The van der Waals surface area contributed by atoms with Crippen LogP contribution in [0.25, 0.3) is 0 Å². The van der Waals surface area contributed by atoms with Gasteiger partial charge in [-0.05, 0) is 12.1 Å². The van der Waals surface area contributed by atoms with Gasteiger partial charge >= 0.3 is 0 Å². The molecule has 0 radical (unpaired) electrons. The smallest absolute Gasteiger partial charge is 0.0982 e. The molecule has 0 amide bonds. The highest BCUT2D eigenvalue weighted by molar-refractivity contribution is 5.81. The van der Waals surface area contributed by atoms with Gasteiger partial charge in [0.15, 0.2) is 0 Å². The van der Waals surface area contributed by atoms with Crippen molar-refractivity contribution in [1.82, 2.24) is 0 Å². The molecule has 0 aromatic heterocycles. The minimum atomic E-state index is 0.601. The van der Waals surface area contributed by atoms with E-state index in [0.717, 1.165) is 5.69 Å². The van der Waals surface area contributed by atoms with Gasteiger partial charge in [-0.2, -0.15) is 5.26 Å². The molecule has 1 aliphatic heterocycles. The van der Waals surface area contributed by atoms with Crippen molar-refractivity contribution in [3.63, 3.8) is 0 Å². The molecule has 0 atom stereocenters. The van der Waals surface area contributed by atoms with Gasteiger partial charge in [0, 0.05) is 11.9 Å². The number of para-hydroxylation sites is 1. The van der Waals surface area contributed by atoms with Crippen molar-refractivity contribution in [2.75, 3.05) is 11.4 Å². The molecule has 0 aliphatic carbocycles. The average Bonchev–Trinajstić information content (AvgIpc) is 2.30. The molecule has 68 valence electrons. The maximum atomic E-state index is 8.74. The van der Waals surface area contributed by atoms with E-state index in [2.05, 4.69) is 11.1 Å². The predicted octanol–water partition coefficient (Wildman–Crippen LogP) is 1.94. The first-order valence-corrected chi connectivity index (χ1v) is 4.34.